The van der Waals surface area contributed by atoms with Gasteiger partial charge in [-0.3, -0.25) is 0 Å². The van der Waals surface area contributed by atoms with Crippen LogP contribution in [0.5, 0.6) is 0 Å². The van der Waals surface area contributed by atoms with E-state index in [2.05, 4.69) is 45.5 Å². The normalized spacial score (nSPS) is 18.3. The Morgan fingerprint density at radius 3 is 2.47 bits per heavy atom. The molecule has 0 heterocycles. The summed E-state index contributed by atoms with van der Waals surface area (Å²) in [4.78, 5) is 0. The lowest BCUT2D eigenvalue weighted by Crippen LogP contribution is -2.39. The second-order valence-corrected chi connectivity index (χ2v) is 5.10. The van der Waals surface area contributed by atoms with Crippen LogP contribution < -0.4 is 11.1 Å². The Hall–Kier alpha value is -0.540. The summed E-state index contributed by atoms with van der Waals surface area (Å²) in [6.45, 7) is 0.723. The smallest absolute Gasteiger partial charge is 0.0411 e. The molecule has 0 spiro atoms. The van der Waals surface area contributed by atoms with Gasteiger partial charge in [0.05, 0.1) is 0 Å². The number of halogens is 1. The molecule has 2 rings (SSSR count). The van der Waals surface area contributed by atoms with Crippen molar-refractivity contribution in [2.24, 2.45) is 11.7 Å². The zero-order valence-corrected chi connectivity index (χ0v) is 10.3. The van der Waals surface area contributed by atoms with Gasteiger partial charge in [-0.05, 0) is 43.0 Å². The number of hydrogen-bond donors (Lipinski definition) is 2. The van der Waals surface area contributed by atoms with Crippen LogP contribution in [0.4, 0.5) is 5.69 Å². The number of nitrogens with two attached hydrogens (primary N) is 1. The molecule has 0 amide bonds. The molecule has 0 aliphatic heterocycles. The molecule has 3 heteroatoms. The summed E-state index contributed by atoms with van der Waals surface area (Å²) in [6, 6.07) is 8.73. The summed E-state index contributed by atoms with van der Waals surface area (Å²) in [5.74, 6) is 0.777. The standard InChI is InChI=1S/C12H17BrN2/c13-10-4-6-11(7-5-10)15-12(8-14)9-2-1-3-9/h4-7,9,12,15H,1-3,8,14H2. The Kier molecular flexibility index (Phi) is 3.65. The summed E-state index contributed by atoms with van der Waals surface area (Å²) < 4.78 is 1.11. The second kappa shape index (κ2) is 4.99. The van der Waals surface area contributed by atoms with E-state index in [4.69, 9.17) is 5.73 Å². The summed E-state index contributed by atoms with van der Waals surface area (Å²) in [7, 11) is 0. The number of benzene rings is 1. The van der Waals surface area contributed by atoms with Gasteiger partial charge in [0.1, 0.15) is 0 Å². The number of nitrogens with one attached hydrogen (secondary N) is 1. The average Bonchev–Trinajstić information content (AvgIpc) is 2.17. The molecule has 82 valence electrons. The van der Waals surface area contributed by atoms with Gasteiger partial charge in [0.15, 0.2) is 0 Å². The van der Waals surface area contributed by atoms with Crippen LogP contribution >= 0.6 is 15.9 Å². The first-order valence-corrected chi connectivity index (χ1v) is 6.31. The van der Waals surface area contributed by atoms with E-state index in [1.54, 1.807) is 0 Å². The van der Waals surface area contributed by atoms with Crippen molar-refractivity contribution in [3.05, 3.63) is 28.7 Å². The monoisotopic (exact) mass is 268 g/mol. The topological polar surface area (TPSA) is 38.0 Å². The van der Waals surface area contributed by atoms with Gasteiger partial charge in [0.2, 0.25) is 0 Å². The average molecular weight is 269 g/mol. The van der Waals surface area contributed by atoms with Crippen molar-refractivity contribution in [3.8, 4) is 0 Å². The lowest BCUT2D eigenvalue weighted by Gasteiger charge is -2.34. The lowest BCUT2D eigenvalue weighted by molar-refractivity contribution is 0.277. The molecule has 1 aromatic rings. The Bertz CT molecular complexity index is 306. The van der Waals surface area contributed by atoms with Gasteiger partial charge in [-0.1, -0.05) is 22.4 Å². The fourth-order valence-corrected chi connectivity index (χ4v) is 2.24. The van der Waals surface area contributed by atoms with Crippen LogP contribution in [0.15, 0.2) is 28.7 Å². The van der Waals surface area contributed by atoms with Crippen molar-refractivity contribution in [3.63, 3.8) is 0 Å². The zero-order valence-electron chi connectivity index (χ0n) is 8.75. The third kappa shape index (κ3) is 2.73. The van der Waals surface area contributed by atoms with Crippen molar-refractivity contribution < 1.29 is 0 Å². The summed E-state index contributed by atoms with van der Waals surface area (Å²) in [5.41, 5.74) is 6.96. The Morgan fingerprint density at radius 2 is 2.00 bits per heavy atom. The van der Waals surface area contributed by atoms with Crippen LogP contribution in [0, 0.1) is 5.92 Å². The quantitative estimate of drug-likeness (QED) is 0.881. The maximum atomic E-state index is 5.79. The summed E-state index contributed by atoms with van der Waals surface area (Å²) in [5, 5.41) is 3.51. The molecule has 1 saturated carbocycles. The fraction of sp³-hybridized carbons (Fsp3) is 0.500. The van der Waals surface area contributed by atoms with Gasteiger partial charge in [0, 0.05) is 22.7 Å². The van der Waals surface area contributed by atoms with E-state index in [0.717, 1.165) is 16.9 Å². The lowest BCUT2D eigenvalue weighted by atomic mass is 9.79. The molecule has 1 fully saturated rings. The third-order valence-electron chi connectivity index (χ3n) is 3.17. The molecule has 0 saturated heterocycles. The first-order chi connectivity index (χ1) is 7.29. The van der Waals surface area contributed by atoms with E-state index in [1.807, 2.05) is 0 Å². The molecule has 15 heavy (non-hydrogen) atoms. The van der Waals surface area contributed by atoms with E-state index >= 15 is 0 Å². The highest BCUT2D eigenvalue weighted by Crippen LogP contribution is 2.31. The molecule has 1 aliphatic carbocycles. The molecule has 0 radical (unpaired) electrons. The first kappa shape index (κ1) is 11.0. The molecular formula is C12H17BrN2. The Labute approximate surface area is 99.4 Å². The van der Waals surface area contributed by atoms with E-state index < -0.39 is 0 Å². The molecule has 1 aromatic carbocycles. The van der Waals surface area contributed by atoms with E-state index in [0.29, 0.717) is 6.04 Å². The largest absolute Gasteiger partial charge is 0.381 e. The summed E-state index contributed by atoms with van der Waals surface area (Å²) >= 11 is 3.43. The second-order valence-electron chi connectivity index (χ2n) is 4.18. The fourth-order valence-electron chi connectivity index (χ4n) is 1.97. The van der Waals surface area contributed by atoms with Crippen molar-refractivity contribution in [2.75, 3.05) is 11.9 Å². The number of rotatable bonds is 4. The number of anilines is 1. The Morgan fingerprint density at radius 1 is 1.33 bits per heavy atom. The minimum Gasteiger partial charge on any atom is -0.381 e. The van der Waals surface area contributed by atoms with Crippen LogP contribution in [0.25, 0.3) is 0 Å². The highest BCUT2D eigenvalue weighted by atomic mass is 79.9. The van der Waals surface area contributed by atoms with Crippen LogP contribution in [0.2, 0.25) is 0 Å². The van der Waals surface area contributed by atoms with Crippen molar-refractivity contribution in [2.45, 2.75) is 25.3 Å². The third-order valence-corrected chi connectivity index (χ3v) is 3.70. The number of hydrogen-bond acceptors (Lipinski definition) is 2. The molecule has 1 aliphatic rings. The van der Waals surface area contributed by atoms with Gasteiger partial charge < -0.3 is 11.1 Å². The van der Waals surface area contributed by atoms with Crippen LogP contribution in [-0.4, -0.2) is 12.6 Å². The van der Waals surface area contributed by atoms with Gasteiger partial charge in [-0.25, -0.2) is 0 Å². The van der Waals surface area contributed by atoms with E-state index in [-0.39, 0.29) is 0 Å². The van der Waals surface area contributed by atoms with Gasteiger partial charge in [-0.2, -0.15) is 0 Å². The van der Waals surface area contributed by atoms with Crippen LogP contribution in [-0.2, 0) is 0 Å². The summed E-state index contributed by atoms with van der Waals surface area (Å²) in [6.07, 6.45) is 4.01. The molecular weight excluding hydrogens is 252 g/mol. The highest BCUT2D eigenvalue weighted by molar-refractivity contribution is 9.10. The predicted molar refractivity (Wildman–Crippen MR) is 67.9 cm³/mol. The Balaban J connectivity index is 1.96. The minimum absolute atomic E-state index is 0.444. The van der Waals surface area contributed by atoms with Crippen LogP contribution in [0.3, 0.4) is 0 Å². The van der Waals surface area contributed by atoms with Crippen molar-refractivity contribution in [1.29, 1.82) is 0 Å². The maximum absolute atomic E-state index is 5.79. The molecule has 0 aromatic heterocycles. The molecule has 1 atom stereocenters. The van der Waals surface area contributed by atoms with Crippen molar-refractivity contribution >= 4 is 21.6 Å². The first-order valence-electron chi connectivity index (χ1n) is 5.52. The molecule has 0 bridgehead atoms. The molecule has 3 N–H and O–H groups in total. The van der Waals surface area contributed by atoms with Crippen molar-refractivity contribution in [1.82, 2.24) is 0 Å². The SMILES string of the molecule is NCC(Nc1ccc(Br)cc1)C1CCC1. The predicted octanol–water partition coefficient (Wildman–Crippen LogP) is 2.99. The molecule has 1 unspecified atom stereocenters. The van der Waals surface area contributed by atoms with E-state index in [9.17, 15) is 0 Å². The molecule has 2 nitrogen and oxygen atoms in total. The zero-order chi connectivity index (χ0) is 10.7. The van der Waals surface area contributed by atoms with E-state index in [1.165, 1.54) is 24.9 Å². The van der Waals surface area contributed by atoms with Gasteiger partial charge in [0.25, 0.3) is 0 Å². The minimum atomic E-state index is 0.444. The van der Waals surface area contributed by atoms with Gasteiger partial charge in [-0.15, -0.1) is 0 Å². The maximum Gasteiger partial charge on any atom is 0.0411 e. The van der Waals surface area contributed by atoms with Gasteiger partial charge >= 0.3 is 0 Å². The highest BCUT2D eigenvalue weighted by Gasteiger charge is 2.25. The van der Waals surface area contributed by atoms with Crippen LogP contribution in [0.1, 0.15) is 19.3 Å².